The monoisotopic (exact) mass is 705 g/mol. The number of hydrogen-bond acceptors (Lipinski definition) is 3. The maximum atomic E-state index is 6.94. The van der Waals surface area contributed by atoms with E-state index in [4.69, 9.17) is 14.4 Å². The van der Waals surface area contributed by atoms with Crippen LogP contribution in [0, 0.1) is 5.92 Å². The van der Waals surface area contributed by atoms with Gasteiger partial charge < -0.3 is 8.98 Å². The largest absolute Gasteiger partial charge is 0.454 e. The van der Waals surface area contributed by atoms with E-state index in [9.17, 15) is 0 Å². The molecule has 55 heavy (non-hydrogen) atoms. The highest BCUT2D eigenvalue weighted by molar-refractivity contribution is 6.16. The van der Waals surface area contributed by atoms with Gasteiger partial charge in [-0.15, -0.1) is 0 Å². The number of fused-ring (bicyclic) bond motifs is 7. The fourth-order valence-electron chi connectivity index (χ4n) is 8.42. The lowest BCUT2D eigenvalue weighted by Gasteiger charge is -2.13. The normalized spacial score (nSPS) is 14.4. The molecule has 1 unspecified atom stereocenters. The summed E-state index contributed by atoms with van der Waals surface area (Å²) in [6, 6.07) is 55.7. The smallest absolute Gasteiger partial charge is 0.161 e. The van der Waals surface area contributed by atoms with E-state index in [0.29, 0.717) is 11.7 Å². The molecule has 1 aliphatic carbocycles. The number of hydrogen-bond donors (Lipinski definition) is 0. The van der Waals surface area contributed by atoms with Crippen LogP contribution in [0.2, 0.25) is 0 Å². The van der Waals surface area contributed by atoms with Crippen LogP contribution in [0.5, 0.6) is 0 Å². The molecule has 7 aromatic carbocycles. The highest BCUT2D eigenvalue weighted by atomic mass is 16.3. The van der Waals surface area contributed by atoms with E-state index < -0.39 is 0 Å². The van der Waals surface area contributed by atoms with Gasteiger partial charge in [0.15, 0.2) is 11.4 Å². The molecule has 0 aliphatic heterocycles. The van der Waals surface area contributed by atoms with Gasteiger partial charge in [-0.2, -0.15) is 0 Å². The number of nitrogens with zero attached hydrogens (tertiary/aromatic N) is 3. The van der Waals surface area contributed by atoms with Gasteiger partial charge in [-0.1, -0.05) is 153 Å². The summed E-state index contributed by atoms with van der Waals surface area (Å²) in [6.07, 6.45) is 8.00. The van der Waals surface area contributed by atoms with Gasteiger partial charge in [0.1, 0.15) is 5.58 Å². The molecule has 1 aliphatic rings. The van der Waals surface area contributed by atoms with E-state index in [2.05, 4.69) is 163 Å². The predicted molar refractivity (Wildman–Crippen MR) is 228 cm³/mol. The molecule has 3 aromatic heterocycles. The summed E-state index contributed by atoms with van der Waals surface area (Å²) >= 11 is 0. The van der Waals surface area contributed by atoms with Crippen molar-refractivity contribution in [3.05, 3.63) is 182 Å². The van der Waals surface area contributed by atoms with E-state index in [1.165, 1.54) is 33.0 Å². The molecule has 1 atom stereocenters. The Morgan fingerprint density at radius 1 is 0.582 bits per heavy atom. The average Bonchev–Trinajstić information content (AvgIpc) is 3.79. The number of furan rings is 1. The minimum Gasteiger partial charge on any atom is -0.454 e. The van der Waals surface area contributed by atoms with Crippen molar-refractivity contribution >= 4 is 60.2 Å². The first-order valence-corrected chi connectivity index (χ1v) is 19.0. The van der Waals surface area contributed by atoms with Crippen LogP contribution in [0.15, 0.2) is 180 Å². The van der Waals surface area contributed by atoms with Gasteiger partial charge in [-0.05, 0) is 64.9 Å². The molecule has 0 N–H and O–H groups in total. The number of rotatable bonds is 5. The fraction of sp³-hybridized carbons (Fsp3) is 0.0588. The number of benzene rings is 7. The van der Waals surface area contributed by atoms with E-state index in [-0.39, 0.29) is 0 Å². The Kier molecular flexibility index (Phi) is 7.17. The molecule has 10 aromatic rings. The molecular weight excluding hydrogens is 671 g/mol. The Hall–Kier alpha value is -7.04. The van der Waals surface area contributed by atoms with Gasteiger partial charge in [0, 0.05) is 38.1 Å². The van der Waals surface area contributed by atoms with Crippen molar-refractivity contribution in [3.63, 3.8) is 0 Å². The van der Waals surface area contributed by atoms with Crippen LogP contribution in [0.4, 0.5) is 0 Å². The molecule has 11 rings (SSSR count). The maximum absolute atomic E-state index is 6.94. The summed E-state index contributed by atoms with van der Waals surface area (Å²) in [6.45, 7) is 2.27. The summed E-state index contributed by atoms with van der Waals surface area (Å²) in [5, 5.41) is 5.47. The van der Waals surface area contributed by atoms with Gasteiger partial charge in [0.25, 0.3) is 0 Å². The van der Waals surface area contributed by atoms with Gasteiger partial charge in [-0.3, -0.25) is 0 Å². The van der Waals surface area contributed by atoms with Crippen molar-refractivity contribution in [2.24, 2.45) is 5.92 Å². The van der Waals surface area contributed by atoms with Gasteiger partial charge in [-0.25, -0.2) is 9.97 Å². The van der Waals surface area contributed by atoms with Crippen LogP contribution in [-0.4, -0.2) is 14.5 Å². The molecule has 0 saturated carbocycles. The average molecular weight is 706 g/mol. The molecule has 260 valence electrons. The molecule has 3 heterocycles. The van der Waals surface area contributed by atoms with E-state index >= 15 is 0 Å². The summed E-state index contributed by atoms with van der Waals surface area (Å²) in [7, 11) is 0. The minimum atomic E-state index is 0.552. The SMILES string of the molecule is CC1C=CC(c2ccc3c4ccc(-c5ccccc5)cc4n(-c4cccc5c4oc4cccc(-c6nc(-c7ccccc7)c7ccccc7n6)c45)c3c2)=CC1. The Labute approximate surface area is 318 Å². The first-order valence-electron chi connectivity index (χ1n) is 19.0. The Morgan fingerprint density at radius 3 is 2.05 bits per heavy atom. The van der Waals surface area contributed by atoms with Crippen LogP contribution in [0.1, 0.15) is 18.9 Å². The van der Waals surface area contributed by atoms with E-state index in [1.54, 1.807) is 0 Å². The molecular formula is C51H35N3O. The lowest BCUT2D eigenvalue weighted by atomic mass is 9.94. The number of para-hydroxylation sites is 2. The Morgan fingerprint density at radius 2 is 1.27 bits per heavy atom. The lowest BCUT2D eigenvalue weighted by Crippen LogP contribution is -1.97. The summed E-state index contributed by atoms with van der Waals surface area (Å²) < 4.78 is 9.35. The molecule has 0 spiro atoms. The second-order valence-electron chi connectivity index (χ2n) is 14.6. The van der Waals surface area contributed by atoms with Crippen molar-refractivity contribution in [1.82, 2.24) is 14.5 Å². The zero-order chi connectivity index (χ0) is 36.5. The number of allylic oxidation sites excluding steroid dienone is 4. The first kappa shape index (κ1) is 31.5. The molecule has 0 fully saturated rings. The van der Waals surface area contributed by atoms with Crippen molar-refractivity contribution < 1.29 is 4.42 Å². The summed E-state index contributed by atoms with van der Waals surface area (Å²) in [4.78, 5) is 10.4. The van der Waals surface area contributed by atoms with Crippen molar-refractivity contribution in [3.8, 4) is 39.5 Å². The van der Waals surface area contributed by atoms with Gasteiger partial charge in [0.2, 0.25) is 0 Å². The Bertz CT molecular complexity index is 3180. The topological polar surface area (TPSA) is 43.9 Å². The molecule has 0 amide bonds. The van der Waals surface area contributed by atoms with Gasteiger partial charge >= 0.3 is 0 Å². The van der Waals surface area contributed by atoms with Crippen LogP contribution in [-0.2, 0) is 0 Å². The summed E-state index contributed by atoms with van der Waals surface area (Å²) in [5.74, 6) is 1.23. The number of aromatic nitrogens is 3. The maximum Gasteiger partial charge on any atom is 0.161 e. The molecule has 0 saturated heterocycles. The zero-order valence-electron chi connectivity index (χ0n) is 30.3. The second-order valence-corrected chi connectivity index (χ2v) is 14.6. The van der Waals surface area contributed by atoms with Crippen LogP contribution in [0.25, 0.3) is 99.7 Å². The van der Waals surface area contributed by atoms with E-state index in [0.717, 1.165) is 72.8 Å². The lowest BCUT2D eigenvalue weighted by molar-refractivity contribution is 0.666. The second kappa shape index (κ2) is 12.5. The fourth-order valence-corrected chi connectivity index (χ4v) is 8.42. The van der Waals surface area contributed by atoms with Crippen molar-refractivity contribution in [1.29, 1.82) is 0 Å². The third-order valence-electron chi connectivity index (χ3n) is 11.2. The third-order valence-corrected chi connectivity index (χ3v) is 11.2. The predicted octanol–water partition coefficient (Wildman–Crippen LogP) is 13.6. The Balaban J connectivity index is 1.18. The van der Waals surface area contributed by atoms with Crippen molar-refractivity contribution in [2.75, 3.05) is 0 Å². The van der Waals surface area contributed by atoms with Gasteiger partial charge in [0.05, 0.1) is 27.9 Å². The van der Waals surface area contributed by atoms with Crippen LogP contribution in [0.3, 0.4) is 0 Å². The molecule has 4 nitrogen and oxygen atoms in total. The van der Waals surface area contributed by atoms with Crippen molar-refractivity contribution in [2.45, 2.75) is 13.3 Å². The van der Waals surface area contributed by atoms with Crippen LogP contribution < -0.4 is 0 Å². The quantitative estimate of drug-likeness (QED) is 0.179. The standard InChI is InChI=1S/C51H35N3O/c1-32-22-24-34(25-23-32)37-27-29-39-38-28-26-36(33-12-4-2-5-13-33)30-45(38)54(46(39)31-37)44-20-10-17-41-48-42(18-11-21-47(48)55-50(41)44)51-52-43-19-9-8-16-40(43)49(53-51)35-14-6-3-7-15-35/h2-22,24-32H,23H2,1H3. The molecule has 4 heteroatoms. The highest BCUT2D eigenvalue weighted by Crippen LogP contribution is 2.43. The summed E-state index contributed by atoms with van der Waals surface area (Å²) in [5.41, 5.74) is 13.6. The van der Waals surface area contributed by atoms with Crippen LogP contribution >= 0.6 is 0 Å². The molecule has 0 radical (unpaired) electrons. The minimum absolute atomic E-state index is 0.552. The third kappa shape index (κ3) is 5.14. The molecule has 0 bridgehead atoms. The van der Waals surface area contributed by atoms with E-state index in [1.807, 2.05) is 24.3 Å². The highest BCUT2D eigenvalue weighted by Gasteiger charge is 2.22. The first-order chi connectivity index (χ1) is 27.2. The zero-order valence-corrected chi connectivity index (χ0v) is 30.3.